The fourth-order valence-electron chi connectivity index (χ4n) is 7.07. The van der Waals surface area contributed by atoms with Crippen LogP contribution in [0.2, 0.25) is 0 Å². The predicted molar refractivity (Wildman–Crippen MR) is 171 cm³/mol. The van der Waals surface area contributed by atoms with E-state index in [-0.39, 0.29) is 35.6 Å². The third kappa shape index (κ3) is 5.83. The zero-order valence-electron chi connectivity index (χ0n) is 26.2. The number of nitrogens with one attached hydrogen (secondary N) is 1. The van der Waals surface area contributed by atoms with Crippen LogP contribution < -0.4 is 11.5 Å². The zero-order valence-corrected chi connectivity index (χ0v) is 26.2. The first-order chi connectivity index (χ1) is 21.6. The highest BCUT2D eigenvalue weighted by molar-refractivity contribution is 5.92. The fraction of sp³-hybridized carbons (Fsp3) is 0.500. The molecule has 45 heavy (non-hydrogen) atoms. The number of nitrogens with zero attached hydrogens (tertiary/aromatic N) is 4. The van der Waals surface area contributed by atoms with Crippen LogP contribution in [0.3, 0.4) is 0 Å². The van der Waals surface area contributed by atoms with Crippen LogP contribution in [0.15, 0.2) is 36.4 Å². The average molecular weight is 620 g/mol. The molecule has 5 N–H and O–H groups in total. The van der Waals surface area contributed by atoms with Gasteiger partial charge in [-0.05, 0) is 80.3 Å². The van der Waals surface area contributed by atoms with Crippen molar-refractivity contribution in [2.24, 2.45) is 17.4 Å². The number of likely N-dealkylation sites (tertiary alicyclic amines) is 2. The van der Waals surface area contributed by atoms with Crippen molar-refractivity contribution >= 4 is 33.8 Å². The van der Waals surface area contributed by atoms with Gasteiger partial charge in [0.1, 0.15) is 11.6 Å². The molecule has 0 radical (unpaired) electrons. The SMILES string of the molecule is CC[C@H](N)C(=O)N1CCC[C@H]1Cc1c(-c2nc3cc(F)ccc3n2C[C@@H]2CCCN2C(=O)[C@@H](N)C(C)C)[nH]c2cc(F)ccc12. The van der Waals surface area contributed by atoms with Crippen molar-refractivity contribution in [1.82, 2.24) is 24.3 Å². The lowest BCUT2D eigenvalue weighted by atomic mass is 9.99. The minimum absolute atomic E-state index is 0.00887. The molecule has 4 atom stereocenters. The fourth-order valence-corrected chi connectivity index (χ4v) is 7.07. The molecule has 2 aliphatic rings. The zero-order chi connectivity index (χ0) is 32.0. The molecule has 11 heteroatoms. The molecular weight excluding hydrogens is 576 g/mol. The summed E-state index contributed by atoms with van der Waals surface area (Å²) in [5, 5.41) is 0.843. The van der Waals surface area contributed by atoms with Crippen molar-refractivity contribution in [3.63, 3.8) is 0 Å². The van der Waals surface area contributed by atoms with Gasteiger partial charge in [0.15, 0.2) is 5.82 Å². The molecule has 4 heterocycles. The molecule has 240 valence electrons. The number of benzene rings is 2. The summed E-state index contributed by atoms with van der Waals surface area (Å²) in [5.41, 5.74) is 15.9. The van der Waals surface area contributed by atoms with Gasteiger partial charge in [-0.1, -0.05) is 20.8 Å². The molecule has 0 spiro atoms. The Morgan fingerprint density at radius 2 is 1.64 bits per heavy atom. The van der Waals surface area contributed by atoms with Gasteiger partial charge in [0.25, 0.3) is 0 Å². The number of hydrogen-bond donors (Lipinski definition) is 3. The Labute approximate surface area is 261 Å². The summed E-state index contributed by atoms with van der Waals surface area (Å²) in [6.45, 7) is 7.51. The molecule has 9 nitrogen and oxygen atoms in total. The van der Waals surface area contributed by atoms with Crippen LogP contribution in [0.4, 0.5) is 8.78 Å². The predicted octanol–water partition coefficient (Wildman–Crippen LogP) is 4.71. The van der Waals surface area contributed by atoms with Gasteiger partial charge in [0, 0.05) is 48.7 Å². The molecule has 2 aromatic carbocycles. The minimum Gasteiger partial charge on any atom is -0.352 e. The van der Waals surface area contributed by atoms with E-state index in [1.807, 2.05) is 35.1 Å². The van der Waals surface area contributed by atoms with Gasteiger partial charge in [-0.15, -0.1) is 0 Å². The molecule has 0 saturated carbocycles. The first-order valence-corrected chi connectivity index (χ1v) is 16.2. The monoisotopic (exact) mass is 619 g/mol. The number of carbonyl (C=O) groups excluding carboxylic acids is 2. The number of amides is 2. The van der Waals surface area contributed by atoms with Crippen LogP contribution in [0.1, 0.15) is 58.4 Å². The Bertz CT molecular complexity index is 1730. The van der Waals surface area contributed by atoms with Gasteiger partial charge in [0.05, 0.1) is 28.8 Å². The second kappa shape index (κ2) is 12.5. The third-order valence-electron chi connectivity index (χ3n) is 9.72. The van der Waals surface area contributed by atoms with Crippen molar-refractivity contribution in [3.05, 3.63) is 53.6 Å². The molecule has 0 bridgehead atoms. The first kappa shape index (κ1) is 31.2. The standard InChI is InChI=1S/C34H43F2N7O2/c1-4-26(37)33(44)41-13-5-7-22(41)17-25-24-11-9-20(35)15-27(24)39-31(25)32-40-28-16-21(36)10-12-29(28)43(32)18-23-8-6-14-42(23)34(45)30(38)19(2)3/h9-12,15-16,19,22-23,26,30,39H,4-8,13-14,17-18,37-38H2,1-3H3/t22-,23-,26-,30-/m0/s1. The molecule has 0 unspecified atom stereocenters. The summed E-state index contributed by atoms with van der Waals surface area (Å²) in [6.07, 6.45) is 4.45. The molecule has 2 amide bonds. The Hall–Kier alpha value is -3.83. The van der Waals surface area contributed by atoms with Crippen molar-refractivity contribution in [2.45, 2.75) is 90.0 Å². The van der Waals surface area contributed by atoms with E-state index in [2.05, 4.69) is 4.98 Å². The summed E-state index contributed by atoms with van der Waals surface area (Å²) in [5.74, 6) is -0.301. The smallest absolute Gasteiger partial charge is 0.240 e. The van der Waals surface area contributed by atoms with Gasteiger partial charge in [0.2, 0.25) is 11.8 Å². The molecule has 2 aromatic heterocycles. The Morgan fingerprint density at radius 1 is 0.978 bits per heavy atom. The second-order valence-electron chi connectivity index (χ2n) is 13.0. The molecule has 0 aliphatic carbocycles. The molecule has 2 aliphatic heterocycles. The largest absolute Gasteiger partial charge is 0.352 e. The van der Waals surface area contributed by atoms with Gasteiger partial charge < -0.3 is 30.8 Å². The summed E-state index contributed by atoms with van der Waals surface area (Å²) in [7, 11) is 0. The number of halogens is 2. The normalized spacial score (nSPS) is 20.2. The van der Waals surface area contributed by atoms with E-state index in [0.717, 1.165) is 42.1 Å². The molecule has 4 aromatic rings. The van der Waals surface area contributed by atoms with E-state index in [1.165, 1.54) is 24.3 Å². The number of nitrogens with two attached hydrogens (primary N) is 2. The summed E-state index contributed by atoms with van der Waals surface area (Å²) in [6, 6.07) is 7.86. The van der Waals surface area contributed by atoms with Crippen molar-refractivity contribution in [1.29, 1.82) is 0 Å². The number of fused-ring (bicyclic) bond motifs is 2. The molecule has 6 rings (SSSR count). The number of aromatic amines is 1. The van der Waals surface area contributed by atoms with E-state index in [1.54, 1.807) is 12.1 Å². The number of carbonyl (C=O) groups is 2. The Kier molecular flexibility index (Phi) is 8.67. The van der Waals surface area contributed by atoms with E-state index >= 15 is 0 Å². The van der Waals surface area contributed by atoms with Gasteiger partial charge >= 0.3 is 0 Å². The molecular formula is C34H43F2N7O2. The third-order valence-corrected chi connectivity index (χ3v) is 9.72. The number of aromatic nitrogens is 3. The van der Waals surface area contributed by atoms with Gasteiger partial charge in [-0.25, -0.2) is 13.8 Å². The number of hydrogen-bond acceptors (Lipinski definition) is 5. The maximum absolute atomic E-state index is 14.5. The quantitative estimate of drug-likeness (QED) is 0.250. The van der Waals surface area contributed by atoms with Crippen LogP contribution in [0.5, 0.6) is 0 Å². The van der Waals surface area contributed by atoms with E-state index in [9.17, 15) is 18.4 Å². The van der Waals surface area contributed by atoms with Gasteiger partial charge in [-0.2, -0.15) is 0 Å². The van der Waals surface area contributed by atoms with E-state index in [4.69, 9.17) is 16.5 Å². The van der Waals surface area contributed by atoms with Crippen LogP contribution >= 0.6 is 0 Å². The number of rotatable bonds is 9. The van der Waals surface area contributed by atoms with Crippen LogP contribution in [0.25, 0.3) is 33.5 Å². The highest BCUT2D eigenvalue weighted by Crippen LogP contribution is 2.36. The summed E-state index contributed by atoms with van der Waals surface area (Å²) < 4.78 is 31.0. The van der Waals surface area contributed by atoms with Crippen molar-refractivity contribution in [3.8, 4) is 11.5 Å². The lowest BCUT2D eigenvalue weighted by Gasteiger charge is -2.29. The van der Waals surface area contributed by atoms with Crippen LogP contribution in [0, 0.1) is 17.6 Å². The Balaban J connectivity index is 1.46. The minimum atomic E-state index is -0.591. The topological polar surface area (TPSA) is 126 Å². The number of imidazole rings is 1. The van der Waals surface area contributed by atoms with Crippen molar-refractivity contribution < 1.29 is 18.4 Å². The maximum atomic E-state index is 14.5. The first-order valence-electron chi connectivity index (χ1n) is 16.2. The van der Waals surface area contributed by atoms with Crippen molar-refractivity contribution in [2.75, 3.05) is 13.1 Å². The molecule has 2 saturated heterocycles. The molecule has 2 fully saturated rings. The van der Waals surface area contributed by atoms with E-state index in [0.29, 0.717) is 55.0 Å². The van der Waals surface area contributed by atoms with E-state index < -0.39 is 17.9 Å². The highest BCUT2D eigenvalue weighted by atomic mass is 19.1. The lowest BCUT2D eigenvalue weighted by Crippen LogP contribution is -2.49. The maximum Gasteiger partial charge on any atom is 0.240 e. The lowest BCUT2D eigenvalue weighted by molar-refractivity contribution is -0.135. The summed E-state index contributed by atoms with van der Waals surface area (Å²) >= 11 is 0. The second-order valence-corrected chi connectivity index (χ2v) is 13.0. The number of H-pyrrole nitrogens is 1. The van der Waals surface area contributed by atoms with Crippen LogP contribution in [-0.4, -0.2) is 73.4 Å². The van der Waals surface area contributed by atoms with Crippen LogP contribution in [-0.2, 0) is 22.6 Å². The highest BCUT2D eigenvalue weighted by Gasteiger charge is 2.36. The summed E-state index contributed by atoms with van der Waals surface area (Å²) in [4.78, 5) is 38.7. The van der Waals surface area contributed by atoms with Gasteiger partial charge in [-0.3, -0.25) is 9.59 Å². The average Bonchev–Trinajstić information content (AvgIpc) is 3.81. The Morgan fingerprint density at radius 3 is 2.36 bits per heavy atom.